The van der Waals surface area contributed by atoms with Gasteiger partial charge in [0.25, 0.3) is 0 Å². The van der Waals surface area contributed by atoms with Gasteiger partial charge in [0.2, 0.25) is 0 Å². The van der Waals surface area contributed by atoms with Gasteiger partial charge in [-0.15, -0.1) is 0 Å². The van der Waals surface area contributed by atoms with Crippen molar-refractivity contribution in [2.75, 3.05) is 0 Å². The fourth-order valence-electron chi connectivity index (χ4n) is 2.35. The van der Waals surface area contributed by atoms with Crippen molar-refractivity contribution in [3.63, 3.8) is 0 Å². The maximum absolute atomic E-state index is 12.5. The zero-order valence-corrected chi connectivity index (χ0v) is 12.5. The minimum Gasteiger partial charge on any atom is -0.423 e. The van der Waals surface area contributed by atoms with E-state index < -0.39 is 5.97 Å². The predicted octanol–water partition coefficient (Wildman–Crippen LogP) is 4.07. The van der Waals surface area contributed by atoms with Crippen LogP contribution in [0.1, 0.15) is 15.9 Å². The first kappa shape index (κ1) is 15.0. The van der Waals surface area contributed by atoms with Crippen molar-refractivity contribution < 1.29 is 14.6 Å². The van der Waals surface area contributed by atoms with E-state index in [-0.39, 0.29) is 6.61 Å². The second-order valence-electron chi connectivity index (χ2n) is 5.10. The maximum Gasteiger partial charge on any atom is 0.344 e. The van der Waals surface area contributed by atoms with Crippen LogP contribution in [0.3, 0.4) is 0 Å². The summed E-state index contributed by atoms with van der Waals surface area (Å²) in [6.45, 7) is -0.00201. The van der Waals surface area contributed by atoms with E-state index in [1.54, 1.807) is 18.2 Å². The van der Waals surface area contributed by atoms with Gasteiger partial charge in [0.15, 0.2) is 0 Å². The zero-order chi connectivity index (χ0) is 16.1. The van der Waals surface area contributed by atoms with Gasteiger partial charge in [-0.1, -0.05) is 60.7 Å². The second-order valence-corrected chi connectivity index (χ2v) is 5.10. The maximum atomic E-state index is 12.5. The molecule has 3 nitrogen and oxygen atoms in total. The van der Waals surface area contributed by atoms with Gasteiger partial charge in [-0.05, 0) is 34.9 Å². The summed E-state index contributed by atoms with van der Waals surface area (Å²) >= 11 is 0. The molecule has 3 aromatic rings. The van der Waals surface area contributed by atoms with E-state index >= 15 is 0 Å². The van der Waals surface area contributed by atoms with Gasteiger partial charge in [-0.2, -0.15) is 0 Å². The normalized spacial score (nSPS) is 10.3. The van der Waals surface area contributed by atoms with Gasteiger partial charge < -0.3 is 9.84 Å². The highest BCUT2D eigenvalue weighted by molar-refractivity contribution is 5.98. The van der Waals surface area contributed by atoms with Crippen molar-refractivity contribution in [1.82, 2.24) is 0 Å². The highest BCUT2D eigenvalue weighted by Crippen LogP contribution is 2.25. The Morgan fingerprint density at radius 2 is 1.48 bits per heavy atom. The van der Waals surface area contributed by atoms with Crippen molar-refractivity contribution >= 4 is 5.97 Å². The summed E-state index contributed by atoms with van der Waals surface area (Å²) in [7, 11) is 0. The lowest BCUT2D eigenvalue weighted by atomic mass is 9.99. The van der Waals surface area contributed by atoms with Crippen LogP contribution in [0.4, 0.5) is 0 Å². The highest BCUT2D eigenvalue weighted by atomic mass is 16.5. The number of benzene rings is 3. The molecule has 3 rings (SSSR count). The Hall–Kier alpha value is -2.91. The fourth-order valence-corrected chi connectivity index (χ4v) is 2.35. The van der Waals surface area contributed by atoms with Crippen LogP contribution < -0.4 is 4.74 Å². The van der Waals surface area contributed by atoms with Gasteiger partial charge in [0, 0.05) is 0 Å². The fraction of sp³-hybridized carbons (Fsp3) is 0.0500. The van der Waals surface area contributed by atoms with Crippen molar-refractivity contribution in [3.8, 4) is 16.9 Å². The molecule has 3 aromatic carbocycles. The number of carbonyl (C=O) groups is 1. The topological polar surface area (TPSA) is 46.5 Å². The third-order valence-corrected chi connectivity index (χ3v) is 3.55. The number of esters is 1. The molecule has 1 N–H and O–H groups in total. The van der Waals surface area contributed by atoms with E-state index in [9.17, 15) is 4.79 Å². The molecule has 0 fully saturated rings. The lowest BCUT2D eigenvalue weighted by Gasteiger charge is -2.10. The lowest BCUT2D eigenvalue weighted by Crippen LogP contribution is -2.09. The monoisotopic (exact) mass is 304 g/mol. The summed E-state index contributed by atoms with van der Waals surface area (Å²) in [6.07, 6.45) is 0. The molecule has 0 heterocycles. The number of hydrogen-bond acceptors (Lipinski definition) is 3. The minimum absolute atomic E-state index is 0.00201. The Morgan fingerprint density at radius 1 is 0.826 bits per heavy atom. The standard InChI is InChI=1S/C20H16O3/c21-14-15-10-12-16(13-11-15)18-8-4-5-9-19(18)20(22)23-17-6-2-1-3-7-17/h1-13,21H,14H2. The molecular formula is C20H16O3. The molecule has 0 aliphatic heterocycles. The Morgan fingerprint density at radius 3 is 2.17 bits per heavy atom. The molecule has 0 aliphatic carbocycles. The molecule has 0 radical (unpaired) electrons. The van der Waals surface area contributed by atoms with Crippen LogP contribution in [0.5, 0.6) is 5.75 Å². The van der Waals surface area contributed by atoms with E-state index in [0.29, 0.717) is 11.3 Å². The van der Waals surface area contributed by atoms with Gasteiger partial charge in [-0.3, -0.25) is 0 Å². The van der Waals surface area contributed by atoms with E-state index in [1.807, 2.05) is 60.7 Å². The molecule has 0 aliphatic rings. The number of hydrogen-bond donors (Lipinski definition) is 1. The van der Waals surface area contributed by atoms with Crippen LogP contribution in [0.25, 0.3) is 11.1 Å². The first-order chi connectivity index (χ1) is 11.3. The third-order valence-electron chi connectivity index (χ3n) is 3.55. The average molecular weight is 304 g/mol. The zero-order valence-electron chi connectivity index (χ0n) is 12.5. The third kappa shape index (κ3) is 3.47. The number of aliphatic hydroxyl groups is 1. The summed E-state index contributed by atoms with van der Waals surface area (Å²) in [5, 5.41) is 9.13. The van der Waals surface area contributed by atoms with Crippen molar-refractivity contribution in [2.45, 2.75) is 6.61 Å². The highest BCUT2D eigenvalue weighted by Gasteiger charge is 2.14. The molecule has 114 valence electrons. The van der Waals surface area contributed by atoms with Crippen LogP contribution >= 0.6 is 0 Å². The molecule has 3 heteroatoms. The molecule has 0 spiro atoms. The lowest BCUT2D eigenvalue weighted by molar-refractivity contribution is 0.0735. The first-order valence-electron chi connectivity index (χ1n) is 7.34. The quantitative estimate of drug-likeness (QED) is 0.584. The van der Waals surface area contributed by atoms with Crippen molar-refractivity contribution in [2.24, 2.45) is 0 Å². The molecule has 0 amide bonds. The van der Waals surface area contributed by atoms with Crippen LogP contribution in [0.15, 0.2) is 78.9 Å². The Balaban J connectivity index is 1.92. The molecule has 0 aromatic heterocycles. The van der Waals surface area contributed by atoms with Crippen molar-refractivity contribution in [1.29, 1.82) is 0 Å². The number of aliphatic hydroxyl groups excluding tert-OH is 1. The molecule has 0 bridgehead atoms. The van der Waals surface area contributed by atoms with Crippen LogP contribution in [-0.2, 0) is 6.61 Å². The Labute approximate surface area is 134 Å². The number of carbonyl (C=O) groups excluding carboxylic acids is 1. The van der Waals surface area contributed by atoms with Crippen LogP contribution in [-0.4, -0.2) is 11.1 Å². The van der Waals surface area contributed by atoms with Crippen molar-refractivity contribution in [3.05, 3.63) is 90.0 Å². The van der Waals surface area contributed by atoms with Gasteiger partial charge in [-0.25, -0.2) is 4.79 Å². The van der Waals surface area contributed by atoms with Gasteiger partial charge in [0.05, 0.1) is 12.2 Å². The predicted molar refractivity (Wildman–Crippen MR) is 89.2 cm³/mol. The first-order valence-corrected chi connectivity index (χ1v) is 7.34. The Kier molecular flexibility index (Phi) is 4.50. The van der Waals surface area contributed by atoms with E-state index in [0.717, 1.165) is 16.7 Å². The van der Waals surface area contributed by atoms with Crippen LogP contribution in [0.2, 0.25) is 0 Å². The summed E-state index contributed by atoms with van der Waals surface area (Å²) in [5.74, 6) is 0.126. The summed E-state index contributed by atoms with van der Waals surface area (Å²) < 4.78 is 5.43. The second kappa shape index (κ2) is 6.90. The largest absolute Gasteiger partial charge is 0.423 e. The Bertz CT molecular complexity index is 793. The molecule has 0 saturated heterocycles. The van der Waals surface area contributed by atoms with Gasteiger partial charge in [0.1, 0.15) is 5.75 Å². The van der Waals surface area contributed by atoms with E-state index in [1.165, 1.54) is 0 Å². The average Bonchev–Trinajstić information content (AvgIpc) is 2.62. The molecule has 0 atom stereocenters. The summed E-state index contributed by atoms with van der Waals surface area (Å²) in [4.78, 5) is 12.5. The number of ether oxygens (including phenoxy) is 1. The van der Waals surface area contributed by atoms with E-state index in [4.69, 9.17) is 9.84 Å². The number of para-hydroxylation sites is 1. The van der Waals surface area contributed by atoms with Crippen LogP contribution in [0, 0.1) is 0 Å². The smallest absolute Gasteiger partial charge is 0.344 e. The number of rotatable bonds is 4. The summed E-state index contributed by atoms with van der Waals surface area (Å²) in [6, 6.07) is 23.8. The minimum atomic E-state index is -0.391. The summed E-state index contributed by atoms with van der Waals surface area (Å²) in [5.41, 5.74) is 3.05. The van der Waals surface area contributed by atoms with E-state index in [2.05, 4.69) is 0 Å². The molecular weight excluding hydrogens is 288 g/mol. The molecule has 23 heavy (non-hydrogen) atoms. The SMILES string of the molecule is O=C(Oc1ccccc1)c1ccccc1-c1ccc(CO)cc1. The molecule has 0 saturated carbocycles. The van der Waals surface area contributed by atoms with Gasteiger partial charge >= 0.3 is 5.97 Å². The molecule has 0 unspecified atom stereocenters.